The zero-order valence-corrected chi connectivity index (χ0v) is 29.5. The molecule has 2 heterocycles. The molecule has 0 radical (unpaired) electrons. The van der Waals surface area contributed by atoms with E-state index in [0.29, 0.717) is 45.5 Å². The number of rotatable bonds is 12. The number of likely N-dealkylation sites (N-methyl/N-ethyl adjacent to an activating group) is 1. The van der Waals surface area contributed by atoms with Gasteiger partial charge in [-0.05, 0) is 67.1 Å². The zero-order valence-electron chi connectivity index (χ0n) is 27.9. The van der Waals surface area contributed by atoms with E-state index in [-0.39, 0.29) is 24.1 Å². The number of aromatic nitrogens is 2. The van der Waals surface area contributed by atoms with E-state index < -0.39 is 11.8 Å². The zero-order chi connectivity index (χ0) is 35.8. The average Bonchev–Trinajstić information content (AvgIpc) is 3.12. The Kier molecular flexibility index (Phi) is 11.7. The van der Waals surface area contributed by atoms with Gasteiger partial charge in [0, 0.05) is 66.7 Å². The molecular weight excluding hydrogens is 677 g/mol. The quantitative estimate of drug-likeness (QED) is 0.140. The van der Waals surface area contributed by atoms with Crippen molar-refractivity contribution < 1.29 is 23.9 Å². The van der Waals surface area contributed by atoms with Crippen LogP contribution in [-0.2, 0) is 22.8 Å². The van der Waals surface area contributed by atoms with E-state index in [1.807, 2.05) is 43.3 Å². The number of aryl methyl sites for hydroxylation is 1. The lowest BCUT2D eigenvalue weighted by Crippen LogP contribution is -2.37. The van der Waals surface area contributed by atoms with Crippen LogP contribution in [0.25, 0.3) is 17.0 Å². The molecule has 2 aromatic heterocycles. The molecule has 0 aliphatic rings. The third kappa shape index (κ3) is 8.76. The highest BCUT2D eigenvalue weighted by atomic mass is 35.5. The Morgan fingerprint density at radius 1 is 0.880 bits per heavy atom. The Balaban J connectivity index is 1.23. The largest absolute Gasteiger partial charge is 0.487 e. The molecule has 256 valence electrons. The Hall–Kier alpha value is -5.45. The molecule has 50 heavy (non-hydrogen) atoms. The standard InChI is InChI=1S/C38H35Cl2N5O5/c1-24-20-33(49-22-27-8-5-6-19-41-27)28-9-7-10-32(37(28)43-24)50-23-29-30(39)16-17-31(36(29)40)45(4)35(47)21-42-34(46)18-13-25-11-14-26(15-12-25)38(48)44(2)3/h5-20H,21-23H2,1-4H3,(H,42,46). The number of carbonyl (C=O) groups excluding carboxylic acids is 3. The van der Waals surface area contributed by atoms with Crippen molar-refractivity contribution in [3.63, 3.8) is 0 Å². The minimum Gasteiger partial charge on any atom is -0.487 e. The maximum atomic E-state index is 13.1. The van der Waals surface area contributed by atoms with Gasteiger partial charge in [-0.2, -0.15) is 0 Å². The fourth-order valence-corrected chi connectivity index (χ4v) is 5.56. The fourth-order valence-electron chi connectivity index (χ4n) is 4.95. The van der Waals surface area contributed by atoms with Crippen molar-refractivity contribution in [3.8, 4) is 11.5 Å². The first-order chi connectivity index (χ1) is 24.0. The summed E-state index contributed by atoms with van der Waals surface area (Å²) in [4.78, 5) is 49.5. The van der Waals surface area contributed by atoms with Crippen LogP contribution < -0.4 is 19.7 Å². The molecule has 0 fully saturated rings. The van der Waals surface area contributed by atoms with Gasteiger partial charge < -0.3 is 24.6 Å². The average molecular weight is 713 g/mol. The number of hydrogen-bond acceptors (Lipinski definition) is 7. The molecule has 1 N–H and O–H groups in total. The lowest BCUT2D eigenvalue weighted by Gasteiger charge is -2.21. The third-order valence-electron chi connectivity index (χ3n) is 7.67. The van der Waals surface area contributed by atoms with Crippen molar-refractivity contribution in [2.24, 2.45) is 0 Å². The molecule has 5 aromatic rings. The first-order valence-corrected chi connectivity index (χ1v) is 16.3. The predicted octanol–water partition coefficient (Wildman–Crippen LogP) is 6.90. The second kappa shape index (κ2) is 16.3. The number of benzene rings is 3. The summed E-state index contributed by atoms with van der Waals surface area (Å²) in [6.45, 7) is 1.90. The second-order valence-corrected chi connectivity index (χ2v) is 12.3. The van der Waals surface area contributed by atoms with Crippen molar-refractivity contribution in [1.82, 2.24) is 20.2 Å². The number of halogens is 2. The summed E-state index contributed by atoms with van der Waals surface area (Å²) in [6.07, 6.45) is 4.63. The van der Waals surface area contributed by atoms with E-state index in [0.717, 1.165) is 22.3 Å². The first kappa shape index (κ1) is 35.8. The molecule has 0 unspecified atom stereocenters. The molecule has 5 rings (SSSR count). The molecule has 12 heteroatoms. The summed E-state index contributed by atoms with van der Waals surface area (Å²) in [5.41, 5.74) is 4.30. The molecule has 0 saturated carbocycles. The van der Waals surface area contributed by atoms with Gasteiger partial charge in [0.25, 0.3) is 5.91 Å². The van der Waals surface area contributed by atoms with Crippen molar-refractivity contribution >= 4 is 63.6 Å². The van der Waals surface area contributed by atoms with Crippen LogP contribution in [0.5, 0.6) is 11.5 Å². The highest BCUT2D eigenvalue weighted by Gasteiger charge is 2.20. The van der Waals surface area contributed by atoms with Gasteiger partial charge in [0.15, 0.2) is 0 Å². The van der Waals surface area contributed by atoms with E-state index in [1.54, 1.807) is 75.9 Å². The lowest BCUT2D eigenvalue weighted by atomic mass is 10.1. The third-order valence-corrected chi connectivity index (χ3v) is 8.45. The van der Waals surface area contributed by atoms with Crippen molar-refractivity contribution in [2.45, 2.75) is 20.1 Å². The lowest BCUT2D eigenvalue weighted by molar-refractivity contribution is -0.122. The summed E-state index contributed by atoms with van der Waals surface area (Å²) < 4.78 is 12.3. The van der Waals surface area contributed by atoms with Gasteiger partial charge in [0.2, 0.25) is 11.8 Å². The number of anilines is 1. The van der Waals surface area contributed by atoms with Crippen LogP contribution in [0.2, 0.25) is 10.0 Å². The van der Waals surface area contributed by atoms with Crippen LogP contribution >= 0.6 is 23.2 Å². The summed E-state index contributed by atoms with van der Waals surface area (Å²) >= 11 is 13.3. The number of para-hydroxylation sites is 1. The molecule has 0 saturated heterocycles. The highest BCUT2D eigenvalue weighted by molar-refractivity contribution is 6.38. The molecule has 0 atom stereocenters. The Bertz CT molecular complexity index is 2050. The molecule has 0 spiro atoms. The van der Waals surface area contributed by atoms with Gasteiger partial charge in [-0.1, -0.05) is 47.5 Å². The molecule has 0 aliphatic carbocycles. The van der Waals surface area contributed by atoms with Gasteiger partial charge in [-0.15, -0.1) is 0 Å². The van der Waals surface area contributed by atoms with Crippen molar-refractivity contribution in [1.29, 1.82) is 0 Å². The van der Waals surface area contributed by atoms with Crippen LogP contribution in [0, 0.1) is 6.92 Å². The topological polar surface area (TPSA) is 114 Å². The summed E-state index contributed by atoms with van der Waals surface area (Å²) in [6, 6.07) is 23.2. The van der Waals surface area contributed by atoms with Crippen LogP contribution in [0.3, 0.4) is 0 Å². The second-order valence-electron chi connectivity index (χ2n) is 11.5. The molecule has 3 amide bonds. The van der Waals surface area contributed by atoms with Gasteiger partial charge in [-0.25, -0.2) is 4.98 Å². The minimum absolute atomic E-state index is 0.00177. The Labute approximate surface area is 300 Å². The van der Waals surface area contributed by atoms with Gasteiger partial charge >= 0.3 is 0 Å². The number of nitrogens with zero attached hydrogens (tertiary/aromatic N) is 4. The normalized spacial score (nSPS) is 11.0. The fraction of sp³-hybridized carbons (Fsp3) is 0.184. The Morgan fingerprint density at radius 2 is 1.64 bits per heavy atom. The molecule has 0 aliphatic heterocycles. The van der Waals surface area contributed by atoms with E-state index in [4.69, 9.17) is 37.7 Å². The number of pyridine rings is 2. The van der Waals surface area contributed by atoms with E-state index in [1.165, 1.54) is 15.9 Å². The predicted molar refractivity (Wildman–Crippen MR) is 196 cm³/mol. The van der Waals surface area contributed by atoms with Gasteiger partial charge in [-0.3, -0.25) is 19.4 Å². The first-order valence-electron chi connectivity index (χ1n) is 15.6. The summed E-state index contributed by atoms with van der Waals surface area (Å²) in [7, 11) is 4.92. The monoisotopic (exact) mass is 711 g/mol. The summed E-state index contributed by atoms with van der Waals surface area (Å²) in [5.74, 6) is 0.180. The van der Waals surface area contributed by atoms with Crippen LogP contribution in [0.1, 0.15) is 32.9 Å². The maximum absolute atomic E-state index is 13.1. The van der Waals surface area contributed by atoms with Gasteiger partial charge in [0.05, 0.1) is 22.9 Å². The van der Waals surface area contributed by atoms with Crippen LogP contribution in [-0.4, -0.2) is 60.3 Å². The van der Waals surface area contributed by atoms with Crippen LogP contribution in [0.4, 0.5) is 5.69 Å². The summed E-state index contributed by atoms with van der Waals surface area (Å²) in [5, 5.41) is 3.96. The number of amides is 3. The van der Waals surface area contributed by atoms with E-state index >= 15 is 0 Å². The van der Waals surface area contributed by atoms with Crippen LogP contribution in [0.15, 0.2) is 91.1 Å². The molecule has 0 bridgehead atoms. The van der Waals surface area contributed by atoms with E-state index in [9.17, 15) is 14.4 Å². The van der Waals surface area contributed by atoms with Crippen molar-refractivity contribution in [3.05, 3.63) is 129 Å². The Morgan fingerprint density at radius 3 is 2.36 bits per heavy atom. The highest BCUT2D eigenvalue weighted by Crippen LogP contribution is 2.36. The smallest absolute Gasteiger partial charge is 0.253 e. The maximum Gasteiger partial charge on any atom is 0.253 e. The number of hydrogen-bond donors (Lipinski definition) is 1. The minimum atomic E-state index is -0.458. The SMILES string of the molecule is Cc1cc(OCc2ccccn2)c2cccc(OCc3c(Cl)ccc(N(C)C(=O)CNC(=O)C=Cc4ccc(C(=O)N(C)C)cc4)c3Cl)c2n1. The van der Waals surface area contributed by atoms with Crippen molar-refractivity contribution in [2.75, 3.05) is 32.6 Å². The number of nitrogens with one attached hydrogen (secondary N) is 1. The number of ether oxygens (including phenoxy) is 2. The number of carbonyl (C=O) groups is 3. The van der Waals surface area contributed by atoms with Gasteiger partial charge in [0.1, 0.15) is 30.2 Å². The molecular formula is C38H35Cl2N5O5. The molecule has 10 nitrogen and oxygen atoms in total. The molecule has 3 aromatic carbocycles. The van der Waals surface area contributed by atoms with E-state index in [2.05, 4.69) is 10.3 Å². The number of fused-ring (bicyclic) bond motifs is 1.